The molecule has 1 heterocycles. The number of halogens is 2. The number of carbonyl (C=O) groups excluding carboxylic acids is 2. The van der Waals surface area contributed by atoms with E-state index in [1.807, 2.05) is 0 Å². The summed E-state index contributed by atoms with van der Waals surface area (Å²) in [5.74, 6) is -4.88. The third kappa shape index (κ3) is 4.24. The Labute approximate surface area is 162 Å². The minimum absolute atomic E-state index is 0.121. The Hall–Kier alpha value is -2.29. The minimum atomic E-state index is -3.29. The number of aliphatic hydroxyl groups is 1. The standard InChI is InChI=1S/C19H23BF2N2O4/c1-12(25)16-18(2,3)19(21,22)10-24(16)17(27)15(26)14(23-11-20-28)9-13-7-5-4-6-8-13/h4-8,11,14-16,26H,9-10H2,1-3H3/t14-,15-,16+/m0/s1. The van der Waals surface area contributed by atoms with Crippen molar-refractivity contribution in [2.45, 2.75) is 51.3 Å². The van der Waals surface area contributed by atoms with Crippen LogP contribution in [0.5, 0.6) is 0 Å². The van der Waals surface area contributed by atoms with Gasteiger partial charge in [0.2, 0.25) is 0 Å². The zero-order chi connectivity index (χ0) is 21.1. The number of aliphatic hydroxyl groups excluding tert-OH is 1. The first kappa shape index (κ1) is 22.0. The Kier molecular flexibility index (Phi) is 6.59. The predicted octanol–water partition coefficient (Wildman–Crippen LogP) is 1.50. The van der Waals surface area contributed by atoms with E-state index in [0.717, 1.165) is 23.5 Å². The first-order valence-corrected chi connectivity index (χ1v) is 8.90. The van der Waals surface area contributed by atoms with Gasteiger partial charge in [0.1, 0.15) is 0 Å². The fourth-order valence-corrected chi connectivity index (χ4v) is 3.61. The Balaban J connectivity index is 2.31. The van der Waals surface area contributed by atoms with Crippen molar-refractivity contribution in [3.63, 3.8) is 0 Å². The summed E-state index contributed by atoms with van der Waals surface area (Å²) in [5.41, 5.74) is -1.02. The third-order valence-corrected chi connectivity index (χ3v) is 5.22. The fraction of sp³-hybridized carbons (Fsp3) is 0.526. The fourth-order valence-electron chi connectivity index (χ4n) is 3.61. The monoisotopic (exact) mass is 392 g/mol. The van der Waals surface area contributed by atoms with Crippen molar-refractivity contribution in [2.75, 3.05) is 6.54 Å². The first-order valence-electron chi connectivity index (χ1n) is 8.90. The number of nitrogens with zero attached hydrogens (tertiary/aromatic N) is 2. The number of likely N-dealkylation sites (tertiary alicyclic amines) is 1. The number of carbonyl (C=O) groups is 2. The first-order chi connectivity index (χ1) is 13.0. The van der Waals surface area contributed by atoms with Crippen LogP contribution < -0.4 is 0 Å². The van der Waals surface area contributed by atoms with Gasteiger partial charge in [0.15, 0.2) is 0 Å². The summed E-state index contributed by atoms with van der Waals surface area (Å²) >= 11 is 0. The second-order valence-electron chi connectivity index (χ2n) is 7.54. The maximum absolute atomic E-state index is 14.5. The number of Topliss-reactive ketones (excluding diaryl/α,β-unsaturated/α-hetero) is 1. The molecule has 1 aliphatic heterocycles. The molecule has 1 aromatic carbocycles. The van der Waals surface area contributed by atoms with E-state index < -0.39 is 47.8 Å². The van der Waals surface area contributed by atoms with E-state index in [-0.39, 0.29) is 6.42 Å². The summed E-state index contributed by atoms with van der Waals surface area (Å²) in [5, 5.41) is 10.6. The number of hydrogen-bond acceptors (Lipinski definition) is 5. The van der Waals surface area contributed by atoms with Crippen molar-refractivity contribution < 1.29 is 28.2 Å². The summed E-state index contributed by atoms with van der Waals surface area (Å²) in [7, 11) is 0.403. The van der Waals surface area contributed by atoms with Crippen molar-refractivity contribution in [3.8, 4) is 0 Å². The van der Waals surface area contributed by atoms with E-state index in [1.54, 1.807) is 30.3 Å². The van der Waals surface area contributed by atoms with Gasteiger partial charge < -0.3 is 0 Å². The van der Waals surface area contributed by atoms with E-state index in [1.165, 1.54) is 13.8 Å². The summed E-state index contributed by atoms with van der Waals surface area (Å²) in [6, 6.07) is 6.42. The van der Waals surface area contributed by atoms with Crippen LogP contribution in [-0.2, 0) is 20.7 Å². The van der Waals surface area contributed by atoms with Gasteiger partial charge in [-0.1, -0.05) is 0 Å². The molecule has 1 N–H and O–H groups in total. The SMILES string of the molecule is CC(=O)[C@H]1N(C(=O)[C@@H](O)[C@H](Cc2ccccc2)N=CB=O)CC(F)(F)C1(C)C. The van der Waals surface area contributed by atoms with E-state index in [2.05, 4.69) is 4.99 Å². The molecule has 1 saturated heterocycles. The quantitative estimate of drug-likeness (QED) is 0.563. The average molecular weight is 392 g/mol. The molecule has 0 saturated carbocycles. The molecule has 3 atom stereocenters. The molecule has 2 rings (SSSR count). The molecule has 9 heteroatoms. The molecule has 1 fully saturated rings. The Morgan fingerprint density at radius 1 is 1.36 bits per heavy atom. The van der Waals surface area contributed by atoms with Crippen molar-refractivity contribution in [3.05, 3.63) is 35.9 Å². The van der Waals surface area contributed by atoms with Gasteiger partial charge in [-0.15, -0.1) is 0 Å². The van der Waals surface area contributed by atoms with Crippen molar-refractivity contribution in [1.29, 1.82) is 0 Å². The molecule has 0 aromatic heterocycles. The molecule has 150 valence electrons. The van der Waals surface area contributed by atoms with Crippen LogP contribution in [0.25, 0.3) is 0 Å². The Bertz CT molecular complexity index is 770. The van der Waals surface area contributed by atoms with Crippen molar-refractivity contribution >= 4 is 25.0 Å². The van der Waals surface area contributed by atoms with E-state index in [4.69, 9.17) is 0 Å². The summed E-state index contributed by atoms with van der Waals surface area (Å²) in [6.45, 7) is 2.64. The van der Waals surface area contributed by atoms with Gasteiger partial charge in [0.25, 0.3) is 0 Å². The summed E-state index contributed by atoms with van der Waals surface area (Å²) in [6.07, 6.45) is -0.742. The van der Waals surface area contributed by atoms with Crippen LogP contribution in [0.15, 0.2) is 35.3 Å². The molecular formula is C19H23BF2N2O4. The van der Waals surface area contributed by atoms with Crippen LogP contribution in [0.2, 0.25) is 0 Å². The van der Waals surface area contributed by atoms with Gasteiger partial charge >= 0.3 is 162 Å². The van der Waals surface area contributed by atoms with Crippen LogP contribution in [0.4, 0.5) is 8.78 Å². The molecule has 0 bridgehead atoms. The van der Waals surface area contributed by atoms with E-state index in [0.29, 0.717) is 7.15 Å². The van der Waals surface area contributed by atoms with Crippen LogP contribution in [0.1, 0.15) is 26.3 Å². The number of amides is 1. The van der Waals surface area contributed by atoms with Crippen LogP contribution in [-0.4, -0.2) is 65.6 Å². The molecule has 0 unspecified atom stereocenters. The number of aliphatic imine (C=N–C) groups is 1. The molecule has 28 heavy (non-hydrogen) atoms. The zero-order valence-electron chi connectivity index (χ0n) is 16.0. The van der Waals surface area contributed by atoms with Crippen LogP contribution in [0, 0.1) is 5.41 Å². The zero-order valence-corrected chi connectivity index (χ0v) is 16.0. The summed E-state index contributed by atoms with van der Waals surface area (Å²) in [4.78, 5) is 29.5. The third-order valence-electron chi connectivity index (χ3n) is 5.22. The molecule has 1 amide bonds. The molecule has 6 nitrogen and oxygen atoms in total. The van der Waals surface area contributed by atoms with E-state index >= 15 is 0 Å². The van der Waals surface area contributed by atoms with Gasteiger partial charge in [0, 0.05) is 0 Å². The number of alkyl halides is 2. The molecule has 0 spiro atoms. The second-order valence-corrected chi connectivity index (χ2v) is 7.54. The second kappa shape index (κ2) is 8.38. The number of benzene rings is 1. The Morgan fingerprint density at radius 3 is 2.50 bits per heavy atom. The van der Waals surface area contributed by atoms with Gasteiger partial charge in [-0.05, 0) is 0 Å². The van der Waals surface area contributed by atoms with Crippen molar-refractivity contribution in [1.82, 2.24) is 4.90 Å². The summed E-state index contributed by atoms with van der Waals surface area (Å²) < 4.78 is 39.6. The molecular weight excluding hydrogens is 369 g/mol. The number of rotatable bonds is 7. The Morgan fingerprint density at radius 2 is 1.96 bits per heavy atom. The normalized spacial score (nSPS) is 22.6. The van der Waals surface area contributed by atoms with Crippen LogP contribution in [0.3, 0.4) is 0 Å². The number of hydrogen-bond donors (Lipinski definition) is 1. The van der Waals surface area contributed by atoms with E-state index in [9.17, 15) is 28.2 Å². The topological polar surface area (TPSA) is 87.0 Å². The average Bonchev–Trinajstić information content (AvgIpc) is 2.82. The molecule has 0 radical (unpaired) electrons. The molecule has 1 aliphatic rings. The van der Waals surface area contributed by atoms with Gasteiger partial charge in [-0.3, -0.25) is 0 Å². The molecule has 1 aromatic rings. The number of ketones is 1. The van der Waals surface area contributed by atoms with Crippen molar-refractivity contribution in [2.24, 2.45) is 10.4 Å². The van der Waals surface area contributed by atoms with Gasteiger partial charge in [0.05, 0.1) is 0 Å². The maximum atomic E-state index is 14.5. The van der Waals surface area contributed by atoms with Crippen LogP contribution >= 0.6 is 0 Å². The van der Waals surface area contributed by atoms with Gasteiger partial charge in [-0.25, -0.2) is 0 Å². The predicted molar refractivity (Wildman–Crippen MR) is 99.8 cm³/mol. The van der Waals surface area contributed by atoms with Gasteiger partial charge in [-0.2, -0.15) is 0 Å². The molecule has 0 aliphatic carbocycles.